The molecule has 0 aliphatic carbocycles. The Hall–Kier alpha value is -1.80. The minimum Gasteiger partial charge on any atom is -0.258 e. The Morgan fingerprint density at radius 2 is 1.94 bits per heavy atom. The molecule has 1 rings (SSSR count). The topological polar surface area (TPSA) is 56.0 Å². The van der Waals surface area contributed by atoms with Crippen molar-refractivity contribution in [3.05, 3.63) is 33.1 Å². The molecule has 94 valence electrons. The van der Waals surface area contributed by atoms with Crippen LogP contribution in [0.2, 0.25) is 0 Å². The lowest BCUT2D eigenvalue weighted by molar-refractivity contribution is -0.388. The second-order valence-corrected chi connectivity index (χ2v) is 3.10. The highest BCUT2D eigenvalue weighted by atomic mass is 19.4. The van der Waals surface area contributed by atoms with Gasteiger partial charge in [-0.05, 0) is 6.92 Å². The third kappa shape index (κ3) is 2.66. The quantitative estimate of drug-likeness (QED) is 0.463. The molecule has 1 aromatic rings. The van der Waals surface area contributed by atoms with E-state index in [0.717, 1.165) is 6.92 Å². The molecule has 0 amide bonds. The van der Waals surface area contributed by atoms with Crippen LogP contribution in [-0.2, 0) is 6.18 Å². The number of nitro groups is 1. The number of alkyl halides is 5. The highest BCUT2D eigenvalue weighted by molar-refractivity contribution is 5.46. The Morgan fingerprint density at radius 1 is 1.41 bits per heavy atom. The molecule has 1 aromatic heterocycles. The van der Waals surface area contributed by atoms with Crippen LogP contribution < -0.4 is 0 Å². The lowest BCUT2D eigenvalue weighted by Gasteiger charge is -2.12. The highest BCUT2D eigenvalue weighted by Crippen LogP contribution is 2.41. The molecule has 17 heavy (non-hydrogen) atoms. The molecule has 0 saturated heterocycles. The van der Waals surface area contributed by atoms with E-state index < -0.39 is 34.5 Å². The summed E-state index contributed by atoms with van der Waals surface area (Å²) in [5.74, 6) is 0. The molecule has 0 aliphatic rings. The van der Waals surface area contributed by atoms with Gasteiger partial charge >= 0.3 is 6.18 Å². The number of aromatic nitrogens is 1. The van der Waals surface area contributed by atoms with Crippen LogP contribution in [0.15, 0.2) is 6.07 Å². The largest absolute Gasteiger partial charge is 0.425 e. The van der Waals surface area contributed by atoms with Crippen molar-refractivity contribution < 1.29 is 26.9 Å². The minimum absolute atomic E-state index is 0.278. The maximum Gasteiger partial charge on any atom is 0.425 e. The molecule has 0 aromatic carbocycles. The van der Waals surface area contributed by atoms with Crippen LogP contribution in [0.3, 0.4) is 0 Å². The van der Waals surface area contributed by atoms with Gasteiger partial charge < -0.3 is 0 Å². The zero-order valence-electron chi connectivity index (χ0n) is 8.26. The molecule has 0 N–H and O–H groups in total. The number of pyridine rings is 1. The summed E-state index contributed by atoms with van der Waals surface area (Å²) in [7, 11) is 0. The fourth-order valence-electron chi connectivity index (χ4n) is 1.27. The minimum atomic E-state index is -5.26. The van der Waals surface area contributed by atoms with Crippen molar-refractivity contribution in [2.45, 2.75) is 19.5 Å². The van der Waals surface area contributed by atoms with Gasteiger partial charge in [0.05, 0.1) is 4.92 Å². The molecule has 4 nitrogen and oxygen atoms in total. The molecule has 1 heterocycles. The van der Waals surface area contributed by atoms with Gasteiger partial charge in [0.15, 0.2) is 5.56 Å². The Morgan fingerprint density at radius 3 is 2.29 bits per heavy atom. The zero-order valence-corrected chi connectivity index (χ0v) is 8.26. The van der Waals surface area contributed by atoms with E-state index in [4.69, 9.17) is 0 Å². The van der Waals surface area contributed by atoms with Crippen LogP contribution in [-0.4, -0.2) is 9.91 Å². The summed E-state index contributed by atoms with van der Waals surface area (Å²) >= 11 is 0. The number of hydrogen-bond acceptors (Lipinski definition) is 3. The Kier molecular flexibility index (Phi) is 3.30. The first-order chi connectivity index (χ1) is 7.64. The van der Waals surface area contributed by atoms with Crippen molar-refractivity contribution in [3.63, 3.8) is 0 Å². The zero-order chi connectivity index (χ0) is 13.4. The van der Waals surface area contributed by atoms with Crippen molar-refractivity contribution in [1.29, 1.82) is 0 Å². The monoisotopic (exact) mass is 256 g/mol. The fourth-order valence-corrected chi connectivity index (χ4v) is 1.27. The van der Waals surface area contributed by atoms with E-state index in [1.165, 1.54) is 0 Å². The van der Waals surface area contributed by atoms with Gasteiger partial charge in [0.1, 0.15) is 5.69 Å². The lowest BCUT2D eigenvalue weighted by Crippen LogP contribution is -2.15. The van der Waals surface area contributed by atoms with E-state index in [2.05, 4.69) is 4.98 Å². The van der Waals surface area contributed by atoms with Gasteiger partial charge in [-0.3, -0.25) is 15.1 Å². The summed E-state index contributed by atoms with van der Waals surface area (Å²) in [4.78, 5) is 12.1. The van der Waals surface area contributed by atoms with E-state index in [-0.39, 0.29) is 5.69 Å². The van der Waals surface area contributed by atoms with Crippen molar-refractivity contribution in [2.75, 3.05) is 0 Å². The summed E-state index contributed by atoms with van der Waals surface area (Å²) in [5, 5.41) is 10.4. The van der Waals surface area contributed by atoms with Crippen LogP contribution in [0.1, 0.15) is 23.4 Å². The average Bonchev–Trinajstić information content (AvgIpc) is 2.14. The van der Waals surface area contributed by atoms with Gasteiger partial charge in [-0.1, -0.05) is 0 Å². The van der Waals surface area contributed by atoms with Gasteiger partial charge in [-0.2, -0.15) is 13.2 Å². The number of rotatable bonds is 2. The smallest absolute Gasteiger partial charge is 0.258 e. The second-order valence-electron chi connectivity index (χ2n) is 3.10. The summed E-state index contributed by atoms with van der Waals surface area (Å²) in [5.41, 5.74) is -5.31. The summed E-state index contributed by atoms with van der Waals surface area (Å²) in [6, 6.07) is 0.509. The molecule has 0 saturated carbocycles. The number of aryl methyl sites for hydroxylation is 1. The molecule has 0 bridgehead atoms. The maximum absolute atomic E-state index is 12.5. The summed E-state index contributed by atoms with van der Waals surface area (Å²) < 4.78 is 62.2. The highest BCUT2D eigenvalue weighted by Gasteiger charge is 2.44. The first kappa shape index (κ1) is 13.3. The molecular formula is C8H5F5N2O2. The van der Waals surface area contributed by atoms with Crippen LogP contribution >= 0.6 is 0 Å². The number of halogens is 5. The number of nitrogens with zero attached hydrogens (tertiary/aromatic N) is 2. The standard InChI is InChI=1S/C8H5F5N2O2/c1-3-2-4(15(16)17)5(8(11,12)13)6(14-3)7(9)10/h2,7H,1H3. The lowest BCUT2D eigenvalue weighted by atomic mass is 10.1. The Labute approximate surface area is 91.2 Å². The molecule has 0 atom stereocenters. The van der Waals surface area contributed by atoms with E-state index in [9.17, 15) is 32.1 Å². The van der Waals surface area contributed by atoms with E-state index in [1.54, 1.807) is 0 Å². The van der Waals surface area contributed by atoms with Crippen LogP contribution in [0, 0.1) is 17.0 Å². The first-order valence-corrected chi connectivity index (χ1v) is 4.16. The predicted molar refractivity (Wildman–Crippen MR) is 45.6 cm³/mol. The summed E-state index contributed by atoms with van der Waals surface area (Å²) in [6.45, 7) is 1.10. The van der Waals surface area contributed by atoms with Crippen LogP contribution in [0.5, 0.6) is 0 Å². The van der Waals surface area contributed by atoms with Crippen molar-refractivity contribution in [3.8, 4) is 0 Å². The molecule has 9 heteroatoms. The third-order valence-electron chi connectivity index (χ3n) is 1.84. The predicted octanol–water partition coefficient (Wildman–Crippen LogP) is 3.25. The van der Waals surface area contributed by atoms with Gasteiger partial charge in [0.25, 0.3) is 12.1 Å². The molecule has 0 radical (unpaired) electrons. The molecule has 0 unspecified atom stereocenters. The van der Waals surface area contributed by atoms with E-state index >= 15 is 0 Å². The maximum atomic E-state index is 12.5. The molecule has 0 spiro atoms. The average molecular weight is 256 g/mol. The number of hydrogen-bond donors (Lipinski definition) is 0. The van der Waals surface area contributed by atoms with E-state index in [0.29, 0.717) is 6.07 Å². The Bertz CT molecular complexity index is 458. The van der Waals surface area contributed by atoms with Gasteiger partial charge in [-0.15, -0.1) is 0 Å². The van der Waals surface area contributed by atoms with Crippen LogP contribution in [0.25, 0.3) is 0 Å². The van der Waals surface area contributed by atoms with Gasteiger partial charge in [0.2, 0.25) is 0 Å². The molecular weight excluding hydrogens is 251 g/mol. The third-order valence-corrected chi connectivity index (χ3v) is 1.84. The van der Waals surface area contributed by atoms with Crippen molar-refractivity contribution in [2.24, 2.45) is 0 Å². The fraction of sp³-hybridized carbons (Fsp3) is 0.375. The first-order valence-electron chi connectivity index (χ1n) is 4.16. The summed E-state index contributed by atoms with van der Waals surface area (Å²) in [6.07, 6.45) is -8.79. The molecule has 0 fully saturated rings. The van der Waals surface area contributed by atoms with Crippen LogP contribution in [0.4, 0.5) is 27.6 Å². The van der Waals surface area contributed by atoms with E-state index in [1.807, 2.05) is 0 Å². The SMILES string of the molecule is Cc1cc([N+](=O)[O-])c(C(F)(F)F)c(C(F)F)n1. The normalized spacial score (nSPS) is 11.9. The molecule has 0 aliphatic heterocycles. The second kappa shape index (κ2) is 4.22. The van der Waals surface area contributed by atoms with Crippen molar-refractivity contribution >= 4 is 5.69 Å². The Balaban J connectivity index is 3.66. The van der Waals surface area contributed by atoms with Crippen molar-refractivity contribution in [1.82, 2.24) is 4.98 Å². The van der Waals surface area contributed by atoms with Gasteiger partial charge in [0, 0.05) is 11.8 Å². The van der Waals surface area contributed by atoms with Gasteiger partial charge in [-0.25, -0.2) is 8.78 Å².